The summed E-state index contributed by atoms with van der Waals surface area (Å²) < 4.78 is 0. The summed E-state index contributed by atoms with van der Waals surface area (Å²) in [4.78, 5) is 16.8. The Morgan fingerprint density at radius 3 is 2.73 bits per heavy atom. The number of nitrogens with two attached hydrogens (primary N) is 1. The van der Waals surface area contributed by atoms with Gasteiger partial charge in [-0.25, -0.2) is 4.98 Å². The maximum atomic E-state index is 12.3. The molecule has 0 saturated carbocycles. The molecule has 0 fully saturated rings. The molecule has 0 spiro atoms. The first kappa shape index (κ1) is 16.5. The van der Waals surface area contributed by atoms with Gasteiger partial charge in [0.2, 0.25) is 5.91 Å². The van der Waals surface area contributed by atoms with E-state index in [1.165, 1.54) is 0 Å². The molecule has 0 aliphatic carbocycles. The third kappa shape index (κ3) is 3.85. The SMILES string of the molecule is CCC(C)(NC(=O)CCc1ccccc1N)c1nc(C)cs1. The van der Waals surface area contributed by atoms with Gasteiger partial charge in [0.05, 0.1) is 5.54 Å². The molecule has 0 bridgehead atoms. The highest BCUT2D eigenvalue weighted by molar-refractivity contribution is 7.09. The standard InChI is InChI=1S/C17H23N3OS/c1-4-17(3,16-19-12(2)11-22-16)20-15(21)10-9-13-7-5-6-8-14(13)18/h5-8,11H,4,9-10,18H2,1-3H3,(H,20,21). The van der Waals surface area contributed by atoms with Crippen molar-refractivity contribution in [2.24, 2.45) is 0 Å². The second-order valence-electron chi connectivity index (χ2n) is 5.73. The second kappa shape index (κ2) is 6.92. The summed E-state index contributed by atoms with van der Waals surface area (Å²) in [6, 6.07) is 7.67. The lowest BCUT2D eigenvalue weighted by Gasteiger charge is -2.27. The number of nitrogens with one attached hydrogen (secondary N) is 1. The van der Waals surface area contributed by atoms with Crippen LogP contribution in [-0.4, -0.2) is 10.9 Å². The van der Waals surface area contributed by atoms with Gasteiger partial charge in [0.15, 0.2) is 0 Å². The molecule has 1 aromatic carbocycles. The Labute approximate surface area is 135 Å². The van der Waals surface area contributed by atoms with E-state index in [1.54, 1.807) is 11.3 Å². The molecule has 4 nitrogen and oxygen atoms in total. The zero-order valence-corrected chi connectivity index (χ0v) is 14.2. The van der Waals surface area contributed by atoms with Gasteiger partial charge in [0, 0.05) is 23.2 Å². The van der Waals surface area contributed by atoms with Crippen molar-refractivity contribution in [1.82, 2.24) is 10.3 Å². The highest BCUT2D eigenvalue weighted by atomic mass is 32.1. The number of carbonyl (C=O) groups is 1. The van der Waals surface area contributed by atoms with Crippen LogP contribution in [0, 0.1) is 6.92 Å². The van der Waals surface area contributed by atoms with Gasteiger partial charge in [-0.2, -0.15) is 0 Å². The predicted molar refractivity (Wildman–Crippen MR) is 91.8 cm³/mol. The first-order valence-corrected chi connectivity index (χ1v) is 8.39. The number of anilines is 1. The van der Waals surface area contributed by atoms with E-state index in [1.807, 2.05) is 43.5 Å². The number of hydrogen-bond acceptors (Lipinski definition) is 4. The molecule has 1 heterocycles. The number of nitrogens with zero attached hydrogens (tertiary/aromatic N) is 1. The molecule has 1 aromatic heterocycles. The Morgan fingerprint density at radius 2 is 2.14 bits per heavy atom. The minimum Gasteiger partial charge on any atom is -0.399 e. The maximum absolute atomic E-state index is 12.3. The van der Waals surface area contributed by atoms with Crippen LogP contribution in [0.3, 0.4) is 0 Å². The topological polar surface area (TPSA) is 68.0 Å². The van der Waals surface area contributed by atoms with Gasteiger partial charge in [-0.15, -0.1) is 11.3 Å². The van der Waals surface area contributed by atoms with Crippen molar-refractivity contribution >= 4 is 22.9 Å². The van der Waals surface area contributed by atoms with Crippen LogP contribution in [0.4, 0.5) is 5.69 Å². The average molecular weight is 317 g/mol. The summed E-state index contributed by atoms with van der Waals surface area (Å²) in [5, 5.41) is 6.10. The molecule has 2 aromatic rings. The molecule has 5 heteroatoms. The lowest BCUT2D eigenvalue weighted by Crippen LogP contribution is -2.43. The van der Waals surface area contributed by atoms with E-state index in [2.05, 4.69) is 17.2 Å². The summed E-state index contributed by atoms with van der Waals surface area (Å²) in [5.41, 5.74) is 8.26. The van der Waals surface area contributed by atoms with Crippen molar-refractivity contribution in [2.75, 3.05) is 5.73 Å². The van der Waals surface area contributed by atoms with Crippen LogP contribution in [0.25, 0.3) is 0 Å². The Hall–Kier alpha value is -1.88. The van der Waals surface area contributed by atoms with Crippen LogP contribution in [0.15, 0.2) is 29.6 Å². The van der Waals surface area contributed by atoms with Crippen molar-refractivity contribution in [3.63, 3.8) is 0 Å². The van der Waals surface area contributed by atoms with Gasteiger partial charge in [-0.1, -0.05) is 25.1 Å². The fraction of sp³-hybridized carbons (Fsp3) is 0.412. The molecule has 1 atom stereocenters. The Bertz CT molecular complexity index is 653. The minimum absolute atomic E-state index is 0.0282. The van der Waals surface area contributed by atoms with Crippen molar-refractivity contribution in [3.8, 4) is 0 Å². The molecule has 1 amide bonds. The van der Waals surface area contributed by atoms with Crippen LogP contribution < -0.4 is 11.1 Å². The van der Waals surface area contributed by atoms with Crippen LogP contribution in [0.1, 0.15) is 43.0 Å². The Balaban J connectivity index is 1.99. The monoisotopic (exact) mass is 317 g/mol. The molecule has 3 N–H and O–H groups in total. The Kier molecular flexibility index (Phi) is 5.19. The van der Waals surface area contributed by atoms with E-state index in [0.717, 1.165) is 28.4 Å². The van der Waals surface area contributed by atoms with E-state index in [9.17, 15) is 4.79 Å². The van der Waals surface area contributed by atoms with E-state index in [4.69, 9.17) is 5.73 Å². The summed E-state index contributed by atoms with van der Waals surface area (Å²) >= 11 is 1.59. The van der Waals surface area contributed by atoms with Crippen molar-refractivity contribution in [2.45, 2.75) is 45.6 Å². The van der Waals surface area contributed by atoms with Gasteiger partial charge in [0.1, 0.15) is 5.01 Å². The molecular formula is C17H23N3OS. The third-order valence-electron chi connectivity index (χ3n) is 3.89. The average Bonchev–Trinajstić information content (AvgIpc) is 2.93. The van der Waals surface area contributed by atoms with E-state index in [-0.39, 0.29) is 5.91 Å². The smallest absolute Gasteiger partial charge is 0.221 e. The summed E-state index contributed by atoms with van der Waals surface area (Å²) in [5.74, 6) is 0.0282. The highest BCUT2D eigenvalue weighted by Gasteiger charge is 2.29. The van der Waals surface area contributed by atoms with Gasteiger partial charge in [0.25, 0.3) is 0 Å². The van der Waals surface area contributed by atoms with Crippen molar-refractivity contribution in [3.05, 3.63) is 45.9 Å². The summed E-state index contributed by atoms with van der Waals surface area (Å²) in [7, 11) is 0. The first-order valence-electron chi connectivity index (χ1n) is 7.51. The number of aromatic nitrogens is 1. The van der Waals surface area contributed by atoms with Crippen molar-refractivity contribution in [1.29, 1.82) is 0 Å². The number of rotatable bonds is 6. The van der Waals surface area contributed by atoms with Gasteiger partial charge >= 0.3 is 0 Å². The number of thiazole rings is 1. The van der Waals surface area contributed by atoms with Crippen LogP contribution in [0.5, 0.6) is 0 Å². The number of amides is 1. The van der Waals surface area contributed by atoms with E-state index >= 15 is 0 Å². The molecule has 0 aliphatic heterocycles. The molecule has 0 saturated heterocycles. The fourth-order valence-corrected chi connectivity index (χ4v) is 3.27. The number of benzene rings is 1. The molecule has 0 radical (unpaired) electrons. The zero-order chi connectivity index (χ0) is 16.2. The molecule has 1 unspecified atom stereocenters. The molecule has 118 valence electrons. The second-order valence-corrected chi connectivity index (χ2v) is 6.58. The molecule has 0 aliphatic rings. The number of carbonyl (C=O) groups excluding carboxylic acids is 1. The number of para-hydroxylation sites is 1. The first-order chi connectivity index (χ1) is 10.4. The number of aryl methyl sites for hydroxylation is 2. The van der Waals surface area contributed by atoms with Gasteiger partial charge in [-0.3, -0.25) is 4.79 Å². The number of nitrogen functional groups attached to an aromatic ring is 1. The summed E-state index contributed by atoms with van der Waals surface area (Å²) in [6.45, 7) is 6.06. The quantitative estimate of drug-likeness (QED) is 0.802. The van der Waals surface area contributed by atoms with Crippen molar-refractivity contribution < 1.29 is 4.79 Å². The van der Waals surface area contributed by atoms with Crippen LogP contribution in [0.2, 0.25) is 0 Å². The molecule has 22 heavy (non-hydrogen) atoms. The van der Waals surface area contributed by atoms with Crippen LogP contribution >= 0.6 is 11.3 Å². The lowest BCUT2D eigenvalue weighted by molar-refractivity contribution is -0.123. The van der Waals surface area contributed by atoms with Gasteiger partial charge in [-0.05, 0) is 38.3 Å². The largest absolute Gasteiger partial charge is 0.399 e. The van der Waals surface area contributed by atoms with E-state index in [0.29, 0.717) is 12.8 Å². The normalized spacial score (nSPS) is 13.6. The number of hydrogen-bond donors (Lipinski definition) is 2. The lowest BCUT2D eigenvalue weighted by atomic mass is 9.99. The predicted octanol–water partition coefficient (Wildman–Crippen LogP) is 3.41. The fourth-order valence-electron chi connectivity index (χ4n) is 2.28. The maximum Gasteiger partial charge on any atom is 0.221 e. The van der Waals surface area contributed by atoms with Gasteiger partial charge < -0.3 is 11.1 Å². The highest BCUT2D eigenvalue weighted by Crippen LogP contribution is 2.27. The zero-order valence-electron chi connectivity index (χ0n) is 13.3. The molecule has 2 rings (SSSR count). The minimum atomic E-state index is -0.405. The Morgan fingerprint density at radius 1 is 1.41 bits per heavy atom. The van der Waals surface area contributed by atoms with Crippen LogP contribution in [-0.2, 0) is 16.8 Å². The third-order valence-corrected chi connectivity index (χ3v) is 5.11. The summed E-state index contributed by atoms with van der Waals surface area (Å²) in [6.07, 6.45) is 1.88. The van der Waals surface area contributed by atoms with E-state index < -0.39 is 5.54 Å². The molecular weight excluding hydrogens is 294 g/mol.